The van der Waals surface area contributed by atoms with Crippen LogP contribution >= 0.6 is 27.3 Å². The summed E-state index contributed by atoms with van der Waals surface area (Å²) in [5.41, 5.74) is 1.46. The minimum atomic E-state index is 0.646. The lowest BCUT2D eigenvalue weighted by Gasteiger charge is -2.36. The maximum Gasteiger partial charge on any atom is 0.107 e. The Kier molecular flexibility index (Phi) is 4.54. The van der Waals surface area contributed by atoms with Crippen LogP contribution in [-0.2, 0) is 13.0 Å². The van der Waals surface area contributed by atoms with Gasteiger partial charge in [-0.3, -0.25) is 0 Å². The Morgan fingerprint density at radius 1 is 1.40 bits per heavy atom. The van der Waals surface area contributed by atoms with Gasteiger partial charge in [0.15, 0.2) is 0 Å². The van der Waals surface area contributed by atoms with Crippen molar-refractivity contribution >= 4 is 27.3 Å². The summed E-state index contributed by atoms with van der Waals surface area (Å²) >= 11 is 5.38. The van der Waals surface area contributed by atoms with Gasteiger partial charge in [-0.05, 0) is 42.9 Å². The van der Waals surface area contributed by atoms with Crippen LogP contribution in [0.4, 0.5) is 0 Å². The molecular formula is C16H19BrN2S. The van der Waals surface area contributed by atoms with E-state index in [0.29, 0.717) is 12.0 Å². The Hall–Kier alpha value is -0.710. The lowest BCUT2D eigenvalue weighted by molar-refractivity contribution is 0.289. The van der Waals surface area contributed by atoms with Gasteiger partial charge in [-0.2, -0.15) is 0 Å². The molecule has 1 aromatic heterocycles. The maximum absolute atomic E-state index is 4.46. The fourth-order valence-electron chi connectivity index (χ4n) is 2.64. The van der Waals surface area contributed by atoms with Crippen molar-refractivity contribution in [1.29, 1.82) is 0 Å². The van der Waals surface area contributed by atoms with Crippen molar-refractivity contribution in [1.82, 2.24) is 10.3 Å². The van der Waals surface area contributed by atoms with Gasteiger partial charge < -0.3 is 5.32 Å². The first-order valence-electron chi connectivity index (χ1n) is 7.17. The minimum absolute atomic E-state index is 0.646. The molecule has 0 unspecified atom stereocenters. The second-order valence-electron chi connectivity index (χ2n) is 5.38. The van der Waals surface area contributed by atoms with Crippen LogP contribution in [0.1, 0.15) is 41.1 Å². The van der Waals surface area contributed by atoms with Crippen molar-refractivity contribution in [3.63, 3.8) is 0 Å². The monoisotopic (exact) mass is 350 g/mol. The van der Waals surface area contributed by atoms with Crippen LogP contribution < -0.4 is 5.32 Å². The minimum Gasteiger partial charge on any atom is -0.308 e. The Balaban J connectivity index is 1.46. The molecule has 0 aliphatic heterocycles. The van der Waals surface area contributed by atoms with Crippen molar-refractivity contribution in [2.75, 3.05) is 0 Å². The van der Waals surface area contributed by atoms with E-state index in [4.69, 9.17) is 0 Å². The fourth-order valence-corrected chi connectivity index (χ4v) is 3.87. The van der Waals surface area contributed by atoms with Gasteiger partial charge in [0, 0.05) is 28.1 Å². The van der Waals surface area contributed by atoms with Crippen LogP contribution in [0.3, 0.4) is 0 Å². The molecule has 2 aromatic rings. The second-order valence-corrected chi connectivity index (χ2v) is 7.49. The molecule has 0 radical (unpaired) electrons. The topological polar surface area (TPSA) is 24.9 Å². The van der Waals surface area contributed by atoms with Crippen LogP contribution in [0.5, 0.6) is 0 Å². The first-order valence-corrected chi connectivity index (χ1v) is 8.78. The van der Waals surface area contributed by atoms with E-state index in [-0.39, 0.29) is 0 Å². The van der Waals surface area contributed by atoms with Gasteiger partial charge in [-0.1, -0.05) is 35.0 Å². The predicted molar refractivity (Wildman–Crippen MR) is 88.2 cm³/mol. The molecule has 2 nitrogen and oxygen atoms in total. The summed E-state index contributed by atoms with van der Waals surface area (Å²) in [6.45, 7) is 3.10. The lowest BCUT2D eigenvalue weighted by Crippen LogP contribution is -2.39. The van der Waals surface area contributed by atoms with Crippen LogP contribution in [0, 0.1) is 0 Å². The average molecular weight is 351 g/mol. The number of hydrogen-bond donors (Lipinski definition) is 1. The highest BCUT2D eigenvalue weighted by Crippen LogP contribution is 2.37. The molecule has 1 saturated carbocycles. The molecule has 3 rings (SSSR count). The highest BCUT2D eigenvalue weighted by Gasteiger charge is 2.29. The standard InChI is InChI=1S/C16H19BrN2S/c1-2-15-9-19-16(20-15)10-18-14-7-12(8-14)11-4-3-5-13(17)6-11/h3-6,9,12,14,18H,2,7-8,10H2,1H3. The Bertz CT molecular complexity index is 575. The molecule has 1 aliphatic carbocycles. The molecular weight excluding hydrogens is 332 g/mol. The molecule has 0 saturated heterocycles. The van der Waals surface area contributed by atoms with Gasteiger partial charge in [0.1, 0.15) is 5.01 Å². The largest absolute Gasteiger partial charge is 0.308 e. The molecule has 0 amide bonds. The number of aromatic nitrogens is 1. The summed E-state index contributed by atoms with van der Waals surface area (Å²) in [4.78, 5) is 5.83. The van der Waals surface area contributed by atoms with Crippen molar-refractivity contribution in [3.05, 3.63) is 50.4 Å². The lowest BCUT2D eigenvalue weighted by atomic mass is 9.76. The number of hydrogen-bond acceptors (Lipinski definition) is 3. The fraction of sp³-hybridized carbons (Fsp3) is 0.438. The molecule has 4 heteroatoms. The van der Waals surface area contributed by atoms with Gasteiger partial charge in [-0.25, -0.2) is 4.98 Å². The van der Waals surface area contributed by atoms with Gasteiger partial charge in [0.25, 0.3) is 0 Å². The Labute approximate surface area is 132 Å². The number of benzene rings is 1. The molecule has 1 N–H and O–H groups in total. The smallest absolute Gasteiger partial charge is 0.107 e. The number of halogens is 1. The second kappa shape index (κ2) is 6.37. The molecule has 0 bridgehead atoms. The molecule has 1 fully saturated rings. The number of rotatable bonds is 5. The quantitative estimate of drug-likeness (QED) is 0.858. The molecule has 20 heavy (non-hydrogen) atoms. The van der Waals surface area contributed by atoms with Gasteiger partial charge in [0.05, 0.1) is 0 Å². The van der Waals surface area contributed by atoms with Crippen LogP contribution in [-0.4, -0.2) is 11.0 Å². The summed E-state index contributed by atoms with van der Waals surface area (Å²) in [7, 11) is 0. The Morgan fingerprint density at radius 2 is 2.25 bits per heavy atom. The van der Waals surface area contributed by atoms with Crippen LogP contribution in [0.25, 0.3) is 0 Å². The third-order valence-corrected chi connectivity index (χ3v) is 5.58. The summed E-state index contributed by atoms with van der Waals surface area (Å²) in [5, 5.41) is 4.84. The first kappa shape index (κ1) is 14.2. The molecule has 106 valence electrons. The van der Waals surface area contributed by atoms with Crippen molar-refractivity contribution in [2.24, 2.45) is 0 Å². The zero-order chi connectivity index (χ0) is 13.9. The third kappa shape index (κ3) is 3.30. The van der Waals surface area contributed by atoms with Gasteiger partial charge >= 0.3 is 0 Å². The number of thiazole rings is 1. The van der Waals surface area contributed by atoms with Crippen molar-refractivity contribution in [2.45, 2.75) is 44.7 Å². The highest BCUT2D eigenvalue weighted by molar-refractivity contribution is 9.10. The van der Waals surface area contributed by atoms with Crippen LogP contribution in [0.15, 0.2) is 34.9 Å². The van der Waals surface area contributed by atoms with E-state index in [1.807, 2.05) is 17.5 Å². The molecule has 0 spiro atoms. The van der Waals surface area contributed by atoms with E-state index in [1.165, 1.54) is 32.8 Å². The third-order valence-electron chi connectivity index (χ3n) is 3.95. The van der Waals surface area contributed by atoms with Crippen LogP contribution in [0.2, 0.25) is 0 Å². The summed E-state index contributed by atoms with van der Waals surface area (Å²) in [6, 6.07) is 9.34. The summed E-state index contributed by atoms with van der Waals surface area (Å²) in [6.07, 6.45) is 5.57. The van der Waals surface area contributed by atoms with Gasteiger partial charge in [0.2, 0.25) is 0 Å². The Morgan fingerprint density at radius 3 is 2.95 bits per heavy atom. The van der Waals surface area contributed by atoms with E-state index in [9.17, 15) is 0 Å². The van der Waals surface area contributed by atoms with E-state index < -0.39 is 0 Å². The first-order chi connectivity index (χ1) is 9.74. The molecule has 1 aromatic carbocycles. The van der Waals surface area contributed by atoms with Gasteiger partial charge in [-0.15, -0.1) is 11.3 Å². The zero-order valence-corrected chi connectivity index (χ0v) is 14.0. The number of nitrogens with zero attached hydrogens (tertiary/aromatic N) is 1. The molecule has 1 aliphatic rings. The number of aryl methyl sites for hydroxylation is 1. The normalized spacial score (nSPS) is 21.7. The predicted octanol–water partition coefficient (Wildman–Crippen LogP) is 4.50. The van der Waals surface area contributed by atoms with Crippen molar-refractivity contribution < 1.29 is 0 Å². The molecule has 1 heterocycles. The summed E-state index contributed by atoms with van der Waals surface area (Å²) < 4.78 is 1.18. The average Bonchev–Trinajstić information content (AvgIpc) is 2.85. The summed E-state index contributed by atoms with van der Waals surface area (Å²) in [5.74, 6) is 0.715. The van der Waals surface area contributed by atoms with E-state index in [1.54, 1.807) is 0 Å². The van der Waals surface area contributed by atoms with E-state index >= 15 is 0 Å². The highest BCUT2D eigenvalue weighted by atomic mass is 79.9. The maximum atomic E-state index is 4.46. The van der Waals surface area contributed by atoms with Crippen molar-refractivity contribution in [3.8, 4) is 0 Å². The van der Waals surface area contributed by atoms with E-state index in [2.05, 4.69) is 57.4 Å². The molecule has 0 atom stereocenters. The SMILES string of the molecule is CCc1cnc(CNC2CC(c3cccc(Br)c3)C2)s1. The zero-order valence-electron chi connectivity index (χ0n) is 11.6. The van der Waals surface area contributed by atoms with E-state index in [0.717, 1.165) is 13.0 Å². The number of nitrogens with one attached hydrogen (secondary N) is 1.